The topological polar surface area (TPSA) is 21.3 Å². The summed E-state index contributed by atoms with van der Waals surface area (Å²) < 4.78 is 31.4. The Morgan fingerprint density at radius 1 is 1.27 bits per heavy atom. The van der Waals surface area contributed by atoms with Crippen molar-refractivity contribution in [3.8, 4) is 5.75 Å². The Morgan fingerprint density at radius 2 is 2.00 bits per heavy atom. The summed E-state index contributed by atoms with van der Waals surface area (Å²) in [6.45, 7) is 1.08. The van der Waals surface area contributed by atoms with Crippen molar-refractivity contribution < 1.29 is 13.5 Å². The monoisotopic (exact) mass is 213 g/mol. The molecule has 2 rings (SSSR count). The second-order valence-corrected chi connectivity index (χ2v) is 3.62. The second kappa shape index (κ2) is 4.57. The maximum atomic E-state index is 13.4. The number of halogens is 2. The first-order chi connectivity index (χ1) is 7.25. The molecule has 82 valence electrons. The smallest absolute Gasteiger partial charge is 0.149 e. The highest BCUT2D eigenvalue weighted by Crippen LogP contribution is 2.18. The Bertz CT molecular complexity index is 315. The van der Waals surface area contributed by atoms with Crippen molar-refractivity contribution in [2.24, 2.45) is 0 Å². The Labute approximate surface area is 87.2 Å². The molecule has 4 heteroatoms. The van der Waals surface area contributed by atoms with Crippen LogP contribution in [-0.4, -0.2) is 25.4 Å². The molecule has 2 nitrogen and oxygen atoms in total. The SMILES string of the molecule is Fc1ccc(O[C@@H]2CCNC[C@@H]2F)cc1. The molecule has 0 amide bonds. The first-order valence-electron chi connectivity index (χ1n) is 5.03. The van der Waals surface area contributed by atoms with Crippen molar-refractivity contribution in [2.75, 3.05) is 13.1 Å². The molecule has 1 fully saturated rings. The third-order valence-electron chi connectivity index (χ3n) is 2.45. The van der Waals surface area contributed by atoms with Crippen LogP contribution in [0.15, 0.2) is 24.3 Å². The highest BCUT2D eigenvalue weighted by Gasteiger charge is 2.25. The van der Waals surface area contributed by atoms with E-state index in [1.165, 1.54) is 24.3 Å². The molecule has 1 saturated heterocycles. The van der Waals surface area contributed by atoms with E-state index in [1.807, 2.05) is 0 Å². The summed E-state index contributed by atoms with van der Waals surface area (Å²) in [6, 6.07) is 5.65. The number of ether oxygens (including phenoxy) is 1. The van der Waals surface area contributed by atoms with Crippen LogP contribution < -0.4 is 10.1 Å². The quantitative estimate of drug-likeness (QED) is 0.810. The zero-order valence-corrected chi connectivity index (χ0v) is 8.25. The van der Waals surface area contributed by atoms with Crippen LogP contribution in [0.5, 0.6) is 5.75 Å². The highest BCUT2D eigenvalue weighted by molar-refractivity contribution is 5.22. The number of alkyl halides is 1. The van der Waals surface area contributed by atoms with E-state index in [9.17, 15) is 8.78 Å². The summed E-state index contributed by atoms with van der Waals surface area (Å²) in [5, 5.41) is 2.94. The lowest BCUT2D eigenvalue weighted by Crippen LogP contribution is -2.44. The average molecular weight is 213 g/mol. The van der Waals surface area contributed by atoms with Gasteiger partial charge in [-0.3, -0.25) is 0 Å². The molecule has 0 aromatic heterocycles. The lowest BCUT2D eigenvalue weighted by molar-refractivity contribution is 0.0731. The fourth-order valence-corrected chi connectivity index (χ4v) is 1.62. The Kier molecular flexibility index (Phi) is 3.16. The minimum Gasteiger partial charge on any atom is -0.487 e. The molecule has 1 aromatic carbocycles. The largest absolute Gasteiger partial charge is 0.487 e. The fraction of sp³-hybridized carbons (Fsp3) is 0.455. The van der Waals surface area contributed by atoms with E-state index in [4.69, 9.17) is 4.74 Å². The molecule has 0 bridgehead atoms. The molecule has 0 spiro atoms. The minimum absolute atomic E-state index is 0.315. The van der Waals surface area contributed by atoms with Crippen LogP contribution >= 0.6 is 0 Å². The van der Waals surface area contributed by atoms with Crippen molar-refractivity contribution in [1.82, 2.24) is 5.32 Å². The average Bonchev–Trinajstić information content (AvgIpc) is 2.25. The van der Waals surface area contributed by atoms with Crippen LogP contribution in [0, 0.1) is 5.82 Å². The molecule has 0 aliphatic carbocycles. The molecule has 2 atom stereocenters. The third-order valence-corrected chi connectivity index (χ3v) is 2.45. The highest BCUT2D eigenvalue weighted by atomic mass is 19.1. The van der Waals surface area contributed by atoms with E-state index in [-0.39, 0.29) is 5.82 Å². The molecule has 1 aromatic rings. The van der Waals surface area contributed by atoms with Crippen LogP contribution in [0.25, 0.3) is 0 Å². The van der Waals surface area contributed by atoms with Gasteiger partial charge in [-0.05, 0) is 37.2 Å². The molecule has 15 heavy (non-hydrogen) atoms. The Balaban J connectivity index is 1.98. The molecular formula is C11H13F2NO. The van der Waals surface area contributed by atoms with Crippen molar-refractivity contribution in [1.29, 1.82) is 0 Å². The van der Waals surface area contributed by atoms with Crippen molar-refractivity contribution in [2.45, 2.75) is 18.7 Å². The molecule has 1 N–H and O–H groups in total. The predicted molar refractivity (Wildman–Crippen MR) is 53.2 cm³/mol. The summed E-state index contributed by atoms with van der Waals surface area (Å²) in [5.74, 6) is 0.204. The number of hydrogen-bond donors (Lipinski definition) is 1. The van der Waals surface area contributed by atoms with Gasteiger partial charge in [0.15, 0.2) is 0 Å². The van der Waals surface area contributed by atoms with Gasteiger partial charge in [-0.15, -0.1) is 0 Å². The zero-order chi connectivity index (χ0) is 10.7. The maximum absolute atomic E-state index is 13.4. The molecule has 1 aliphatic heterocycles. The van der Waals surface area contributed by atoms with Gasteiger partial charge in [-0.1, -0.05) is 0 Å². The van der Waals surface area contributed by atoms with E-state index < -0.39 is 12.3 Å². The summed E-state index contributed by atoms with van der Waals surface area (Å²) in [4.78, 5) is 0. The number of hydrogen-bond acceptors (Lipinski definition) is 2. The van der Waals surface area contributed by atoms with Crippen molar-refractivity contribution >= 4 is 0 Å². The second-order valence-electron chi connectivity index (χ2n) is 3.62. The molecule has 0 saturated carbocycles. The van der Waals surface area contributed by atoms with E-state index in [2.05, 4.69) is 5.32 Å². The standard InChI is InChI=1S/C11H13F2NO/c12-8-1-3-9(4-2-8)15-11-5-6-14-7-10(11)13/h1-4,10-11,14H,5-7H2/t10-,11+/m0/s1. The number of nitrogens with one attached hydrogen (secondary N) is 1. The third kappa shape index (κ3) is 2.65. The van der Waals surface area contributed by atoms with Gasteiger partial charge in [0.1, 0.15) is 23.8 Å². The minimum atomic E-state index is -0.996. The van der Waals surface area contributed by atoms with Crippen LogP contribution in [0.3, 0.4) is 0 Å². The molecule has 0 unspecified atom stereocenters. The first-order valence-corrected chi connectivity index (χ1v) is 5.03. The van der Waals surface area contributed by atoms with Gasteiger partial charge in [-0.2, -0.15) is 0 Å². The number of rotatable bonds is 2. The maximum Gasteiger partial charge on any atom is 0.149 e. The van der Waals surface area contributed by atoms with Gasteiger partial charge in [0, 0.05) is 6.54 Å². The van der Waals surface area contributed by atoms with Gasteiger partial charge in [-0.25, -0.2) is 8.78 Å². The van der Waals surface area contributed by atoms with Gasteiger partial charge >= 0.3 is 0 Å². The lowest BCUT2D eigenvalue weighted by atomic mass is 10.1. The van der Waals surface area contributed by atoms with Crippen molar-refractivity contribution in [3.05, 3.63) is 30.1 Å². The Hall–Kier alpha value is -1.16. The molecular weight excluding hydrogens is 200 g/mol. The van der Waals surface area contributed by atoms with Gasteiger partial charge < -0.3 is 10.1 Å². The number of piperidine rings is 1. The van der Waals surface area contributed by atoms with E-state index in [1.54, 1.807) is 0 Å². The van der Waals surface area contributed by atoms with E-state index >= 15 is 0 Å². The van der Waals surface area contributed by atoms with Crippen LogP contribution in [0.1, 0.15) is 6.42 Å². The van der Waals surface area contributed by atoms with E-state index in [0.29, 0.717) is 18.7 Å². The van der Waals surface area contributed by atoms with Crippen LogP contribution in [0.2, 0.25) is 0 Å². The fourth-order valence-electron chi connectivity index (χ4n) is 1.62. The normalized spacial score (nSPS) is 26.3. The van der Waals surface area contributed by atoms with E-state index in [0.717, 1.165) is 6.54 Å². The zero-order valence-electron chi connectivity index (χ0n) is 8.25. The van der Waals surface area contributed by atoms with Gasteiger partial charge in [0.05, 0.1) is 0 Å². The molecule has 1 heterocycles. The summed E-state index contributed by atoms with van der Waals surface area (Å²) in [6.07, 6.45) is -0.779. The summed E-state index contributed by atoms with van der Waals surface area (Å²) >= 11 is 0. The molecule has 0 radical (unpaired) electrons. The molecule has 1 aliphatic rings. The Morgan fingerprint density at radius 3 is 2.67 bits per heavy atom. The summed E-state index contributed by atoms with van der Waals surface area (Å²) in [7, 11) is 0. The van der Waals surface area contributed by atoms with Crippen molar-refractivity contribution in [3.63, 3.8) is 0 Å². The lowest BCUT2D eigenvalue weighted by Gasteiger charge is -2.27. The van der Waals surface area contributed by atoms with Gasteiger partial charge in [0.2, 0.25) is 0 Å². The first kappa shape index (κ1) is 10.4. The summed E-state index contributed by atoms with van der Waals surface area (Å²) in [5.41, 5.74) is 0. The number of benzene rings is 1. The van der Waals surface area contributed by atoms with Gasteiger partial charge in [0.25, 0.3) is 0 Å². The van der Waals surface area contributed by atoms with Crippen LogP contribution in [0.4, 0.5) is 8.78 Å². The predicted octanol–water partition coefficient (Wildman–Crippen LogP) is 1.90. The van der Waals surface area contributed by atoms with Crippen LogP contribution in [-0.2, 0) is 0 Å².